The Labute approximate surface area is 171 Å². The molecule has 0 spiro atoms. The van der Waals surface area contributed by atoms with Crippen molar-refractivity contribution < 1.29 is 19.1 Å². The molecule has 1 aliphatic heterocycles. The number of hydrogen-bond acceptors (Lipinski definition) is 4. The molecule has 154 valence electrons. The van der Waals surface area contributed by atoms with Gasteiger partial charge < -0.3 is 19.7 Å². The van der Waals surface area contributed by atoms with Gasteiger partial charge in [-0.3, -0.25) is 4.79 Å². The van der Waals surface area contributed by atoms with Gasteiger partial charge in [0.2, 0.25) is 0 Å². The SMILES string of the molecule is CC(C)(C)OC(=O)NC1CCN(C(=O)c2cccc(Oc3ccccc3)c2)CC1. The Bertz CT molecular complexity index is 837. The maximum Gasteiger partial charge on any atom is 0.407 e. The molecule has 29 heavy (non-hydrogen) atoms. The third-order valence-corrected chi connectivity index (χ3v) is 4.56. The van der Waals surface area contributed by atoms with Crippen LogP contribution in [0.1, 0.15) is 44.0 Å². The molecule has 1 fully saturated rings. The molecule has 1 heterocycles. The molecule has 0 aromatic heterocycles. The van der Waals surface area contributed by atoms with Crippen LogP contribution in [0.25, 0.3) is 0 Å². The van der Waals surface area contributed by atoms with Gasteiger partial charge in [-0.05, 0) is 63.9 Å². The van der Waals surface area contributed by atoms with E-state index in [1.807, 2.05) is 68.1 Å². The molecular weight excluding hydrogens is 368 g/mol. The van der Waals surface area contributed by atoms with E-state index in [1.54, 1.807) is 12.1 Å². The number of hydrogen-bond donors (Lipinski definition) is 1. The van der Waals surface area contributed by atoms with Gasteiger partial charge in [0, 0.05) is 24.7 Å². The number of carbonyl (C=O) groups excluding carboxylic acids is 2. The molecule has 0 saturated carbocycles. The van der Waals surface area contributed by atoms with Gasteiger partial charge in [0.25, 0.3) is 5.91 Å². The highest BCUT2D eigenvalue weighted by molar-refractivity contribution is 5.94. The first-order chi connectivity index (χ1) is 13.8. The lowest BCUT2D eigenvalue weighted by atomic mass is 10.0. The standard InChI is InChI=1S/C23H28N2O4/c1-23(2,3)29-22(27)24-18-12-14-25(15-13-18)21(26)17-8-7-11-20(16-17)28-19-9-5-4-6-10-19/h4-11,16,18H,12-15H2,1-3H3,(H,24,27). The minimum Gasteiger partial charge on any atom is -0.457 e. The Kier molecular flexibility index (Phi) is 6.42. The summed E-state index contributed by atoms with van der Waals surface area (Å²) >= 11 is 0. The summed E-state index contributed by atoms with van der Waals surface area (Å²) in [5.41, 5.74) is 0.0742. The molecule has 0 radical (unpaired) electrons. The maximum absolute atomic E-state index is 12.9. The van der Waals surface area contributed by atoms with Crippen molar-refractivity contribution in [2.24, 2.45) is 0 Å². The van der Waals surface area contributed by atoms with Gasteiger partial charge >= 0.3 is 6.09 Å². The van der Waals surface area contributed by atoms with Crippen LogP contribution in [0.5, 0.6) is 11.5 Å². The maximum atomic E-state index is 12.9. The first-order valence-corrected chi connectivity index (χ1v) is 9.92. The second kappa shape index (κ2) is 8.99. The van der Waals surface area contributed by atoms with Crippen LogP contribution in [-0.2, 0) is 4.74 Å². The zero-order chi connectivity index (χ0) is 20.9. The number of amides is 2. The summed E-state index contributed by atoms with van der Waals surface area (Å²) in [4.78, 5) is 26.6. The van der Waals surface area contributed by atoms with Crippen molar-refractivity contribution in [3.05, 3.63) is 60.2 Å². The molecule has 2 amide bonds. The number of nitrogens with one attached hydrogen (secondary N) is 1. The van der Waals surface area contributed by atoms with Gasteiger partial charge in [-0.25, -0.2) is 4.79 Å². The van der Waals surface area contributed by atoms with E-state index in [9.17, 15) is 9.59 Å². The van der Waals surface area contributed by atoms with Crippen LogP contribution in [0.15, 0.2) is 54.6 Å². The van der Waals surface area contributed by atoms with Crippen LogP contribution in [-0.4, -0.2) is 41.6 Å². The number of para-hydroxylation sites is 1. The van der Waals surface area contributed by atoms with Crippen molar-refractivity contribution in [2.75, 3.05) is 13.1 Å². The predicted molar refractivity (Wildman–Crippen MR) is 111 cm³/mol. The molecule has 1 aliphatic rings. The first kappa shape index (κ1) is 20.7. The molecule has 0 atom stereocenters. The van der Waals surface area contributed by atoms with Gasteiger partial charge in [0.1, 0.15) is 17.1 Å². The lowest BCUT2D eigenvalue weighted by Gasteiger charge is -2.33. The number of likely N-dealkylation sites (tertiary alicyclic amines) is 1. The Morgan fingerprint density at radius 1 is 0.966 bits per heavy atom. The van der Waals surface area contributed by atoms with Crippen LogP contribution in [0.2, 0.25) is 0 Å². The smallest absolute Gasteiger partial charge is 0.407 e. The summed E-state index contributed by atoms with van der Waals surface area (Å²) in [6, 6.07) is 16.7. The molecule has 6 nitrogen and oxygen atoms in total. The van der Waals surface area contributed by atoms with E-state index in [4.69, 9.17) is 9.47 Å². The molecule has 0 bridgehead atoms. The predicted octanol–water partition coefficient (Wildman–Crippen LogP) is 4.61. The molecule has 2 aromatic rings. The highest BCUT2D eigenvalue weighted by atomic mass is 16.6. The molecule has 6 heteroatoms. The summed E-state index contributed by atoms with van der Waals surface area (Å²) in [7, 11) is 0. The normalized spacial score (nSPS) is 14.9. The van der Waals surface area contributed by atoms with E-state index in [0.29, 0.717) is 37.2 Å². The van der Waals surface area contributed by atoms with Gasteiger partial charge in [0.15, 0.2) is 0 Å². The van der Waals surface area contributed by atoms with Crippen molar-refractivity contribution >= 4 is 12.0 Å². The van der Waals surface area contributed by atoms with E-state index in [0.717, 1.165) is 5.75 Å². The second-order valence-electron chi connectivity index (χ2n) is 8.16. The van der Waals surface area contributed by atoms with Crippen LogP contribution in [0.4, 0.5) is 4.79 Å². The lowest BCUT2D eigenvalue weighted by molar-refractivity contribution is 0.0473. The molecule has 2 aromatic carbocycles. The highest BCUT2D eigenvalue weighted by Gasteiger charge is 2.26. The van der Waals surface area contributed by atoms with Crippen LogP contribution >= 0.6 is 0 Å². The molecule has 0 unspecified atom stereocenters. The van der Waals surface area contributed by atoms with E-state index >= 15 is 0 Å². The number of carbonyl (C=O) groups is 2. The first-order valence-electron chi connectivity index (χ1n) is 9.92. The highest BCUT2D eigenvalue weighted by Crippen LogP contribution is 2.23. The Morgan fingerprint density at radius 2 is 1.62 bits per heavy atom. The minimum absolute atomic E-state index is 0.0154. The van der Waals surface area contributed by atoms with Crippen molar-refractivity contribution in [3.63, 3.8) is 0 Å². The molecule has 1 saturated heterocycles. The van der Waals surface area contributed by atoms with E-state index in [1.165, 1.54) is 0 Å². The third kappa shape index (κ3) is 6.24. The second-order valence-corrected chi connectivity index (χ2v) is 8.16. The van der Waals surface area contributed by atoms with Gasteiger partial charge in [-0.1, -0.05) is 24.3 Å². The fourth-order valence-corrected chi connectivity index (χ4v) is 3.20. The van der Waals surface area contributed by atoms with Crippen molar-refractivity contribution in [3.8, 4) is 11.5 Å². The summed E-state index contributed by atoms with van der Waals surface area (Å²) in [5, 5.41) is 2.89. The van der Waals surface area contributed by atoms with Crippen LogP contribution < -0.4 is 10.1 Å². The molecule has 0 aliphatic carbocycles. The quantitative estimate of drug-likeness (QED) is 0.820. The average molecular weight is 396 g/mol. The largest absolute Gasteiger partial charge is 0.457 e. The fourth-order valence-electron chi connectivity index (χ4n) is 3.20. The minimum atomic E-state index is -0.520. The van der Waals surface area contributed by atoms with E-state index in [2.05, 4.69) is 5.32 Å². The van der Waals surface area contributed by atoms with Gasteiger partial charge in [-0.15, -0.1) is 0 Å². The number of alkyl carbamates (subject to hydrolysis) is 1. The summed E-state index contributed by atoms with van der Waals surface area (Å²) in [6.07, 6.45) is 0.990. The zero-order valence-corrected chi connectivity index (χ0v) is 17.2. The topological polar surface area (TPSA) is 67.9 Å². The lowest BCUT2D eigenvalue weighted by Crippen LogP contribution is -2.47. The number of nitrogens with zero attached hydrogens (tertiary/aromatic N) is 1. The Morgan fingerprint density at radius 3 is 2.28 bits per heavy atom. The fraction of sp³-hybridized carbons (Fsp3) is 0.391. The van der Waals surface area contributed by atoms with E-state index < -0.39 is 11.7 Å². The number of rotatable bonds is 4. The van der Waals surface area contributed by atoms with Crippen LogP contribution in [0.3, 0.4) is 0 Å². The Balaban J connectivity index is 1.54. The van der Waals surface area contributed by atoms with Crippen molar-refractivity contribution in [1.29, 1.82) is 0 Å². The van der Waals surface area contributed by atoms with Crippen molar-refractivity contribution in [2.45, 2.75) is 45.3 Å². The number of piperidine rings is 1. The monoisotopic (exact) mass is 396 g/mol. The third-order valence-electron chi connectivity index (χ3n) is 4.56. The van der Waals surface area contributed by atoms with Gasteiger partial charge in [0.05, 0.1) is 0 Å². The van der Waals surface area contributed by atoms with Crippen molar-refractivity contribution in [1.82, 2.24) is 10.2 Å². The molecule has 3 rings (SSSR count). The molecule has 1 N–H and O–H groups in total. The summed E-state index contributed by atoms with van der Waals surface area (Å²) in [5.74, 6) is 1.33. The summed E-state index contributed by atoms with van der Waals surface area (Å²) in [6.45, 7) is 6.68. The summed E-state index contributed by atoms with van der Waals surface area (Å²) < 4.78 is 11.1. The number of ether oxygens (including phenoxy) is 2. The van der Waals surface area contributed by atoms with E-state index in [-0.39, 0.29) is 11.9 Å². The average Bonchev–Trinajstić information content (AvgIpc) is 2.67. The molecular formula is C23H28N2O4. The Hall–Kier alpha value is -3.02. The van der Waals surface area contributed by atoms with Crippen LogP contribution in [0, 0.1) is 0 Å². The zero-order valence-electron chi connectivity index (χ0n) is 17.2. The number of benzene rings is 2. The van der Waals surface area contributed by atoms with Gasteiger partial charge in [-0.2, -0.15) is 0 Å².